The van der Waals surface area contributed by atoms with Crippen LogP contribution < -0.4 is 15.5 Å². The van der Waals surface area contributed by atoms with Gasteiger partial charge in [-0.2, -0.15) is 8.91 Å². The predicted octanol–water partition coefficient (Wildman–Crippen LogP) is 4.94. The van der Waals surface area contributed by atoms with E-state index in [1.807, 2.05) is 44.2 Å². The van der Waals surface area contributed by atoms with Crippen LogP contribution in [0.1, 0.15) is 103 Å². The Morgan fingerprint density at radius 1 is 0.905 bits per heavy atom. The van der Waals surface area contributed by atoms with Crippen molar-refractivity contribution >= 4 is 62.9 Å². The van der Waals surface area contributed by atoms with E-state index in [1.54, 1.807) is 13.2 Å². The first-order chi connectivity index (χ1) is 30.0. The van der Waals surface area contributed by atoms with Crippen molar-refractivity contribution in [3.63, 3.8) is 0 Å². The summed E-state index contributed by atoms with van der Waals surface area (Å²) >= 11 is 0.822. The van der Waals surface area contributed by atoms with Crippen LogP contribution >= 0.6 is 12.0 Å². The van der Waals surface area contributed by atoms with E-state index in [2.05, 4.69) is 44.1 Å². The number of carbonyl (C=O) groups is 4. The smallest absolute Gasteiger partial charge is 0.333 e. The summed E-state index contributed by atoms with van der Waals surface area (Å²) in [6, 6.07) is 10.2. The quantitative estimate of drug-likeness (QED) is 0.0266. The molecule has 1 N–H and O–H groups in total. The molecule has 3 heterocycles. The minimum atomic E-state index is -4.72. The molecular formula is C44H57N4O13S2-. The van der Waals surface area contributed by atoms with Gasteiger partial charge in [0.05, 0.1) is 42.2 Å². The molecule has 0 atom stereocenters. The zero-order valence-corrected chi connectivity index (χ0v) is 38.1. The van der Waals surface area contributed by atoms with Crippen molar-refractivity contribution in [2.75, 3.05) is 51.5 Å². The van der Waals surface area contributed by atoms with Crippen molar-refractivity contribution in [3.05, 3.63) is 71.5 Å². The minimum absolute atomic E-state index is 0.0172. The average Bonchev–Trinajstić information content (AvgIpc) is 3.75. The van der Waals surface area contributed by atoms with Gasteiger partial charge in [-0.25, -0.2) is 13.2 Å². The van der Waals surface area contributed by atoms with Gasteiger partial charge in [0.2, 0.25) is 11.6 Å². The van der Waals surface area contributed by atoms with Gasteiger partial charge >= 0.3 is 5.97 Å². The lowest BCUT2D eigenvalue weighted by molar-refractivity contribution is -0.777. The number of anilines is 1. The SMILES string of the molecule is COCCOCCNC(=O)CCCCC[N+]1=C(C=CC=C2N(CCCCCC(=O)ON3C(=O)CCC3=O)c3ccc(S(=O)(=O)[O-])cc3C2(C)C)C(C)(C)c2cc(SOO[O-])ccc21. The van der Waals surface area contributed by atoms with Crippen LogP contribution in [0.3, 0.4) is 0 Å². The van der Waals surface area contributed by atoms with Gasteiger partial charge in [0.1, 0.15) is 16.7 Å². The number of hydrogen-bond donors (Lipinski definition) is 1. The first kappa shape index (κ1) is 49.5. The summed E-state index contributed by atoms with van der Waals surface area (Å²) in [4.78, 5) is 56.0. The Labute approximate surface area is 373 Å². The molecule has 3 amide bonds. The molecule has 3 aliphatic heterocycles. The number of amides is 3. The molecule has 0 spiro atoms. The fourth-order valence-electron chi connectivity index (χ4n) is 8.13. The first-order valence-corrected chi connectivity index (χ1v) is 23.2. The molecule has 17 nitrogen and oxygen atoms in total. The second-order valence-electron chi connectivity index (χ2n) is 16.5. The summed E-state index contributed by atoms with van der Waals surface area (Å²) in [7, 11) is -3.12. The number of unbranched alkanes of at least 4 members (excludes halogenated alkanes) is 4. The second-order valence-corrected chi connectivity index (χ2v) is 18.7. The number of ether oxygens (including phenoxy) is 2. The summed E-state index contributed by atoms with van der Waals surface area (Å²) in [5.41, 5.74) is 4.13. The lowest BCUT2D eigenvalue weighted by Gasteiger charge is -2.27. The molecule has 0 aromatic heterocycles. The van der Waals surface area contributed by atoms with Crippen molar-refractivity contribution in [2.24, 2.45) is 0 Å². The molecule has 1 saturated heterocycles. The van der Waals surface area contributed by atoms with Crippen LogP contribution in [-0.4, -0.2) is 98.6 Å². The summed E-state index contributed by atoms with van der Waals surface area (Å²) < 4.78 is 53.6. The number of nitrogens with one attached hydrogen (secondary N) is 1. The largest absolute Gasteiger partial charge is 0.744 e. The van der Waals surface area contributed by atoms with E-state index in [9.17, 15) is 37.4 Å². The fourth-order valence-corrected chi connectivity index (χ4v) is 9.02. The van der Waals surface area contributed by atoms with Crippen molar-refractivity contribution in [3.8, 4) is 0 Å². The molecule has 0 radical (unpaired) electrons. The zero-order chi connectivity index (χ0) is 45.8. The van der Waals surface area contributed by atoms with Crippen LogP contribution in [-0.2, 0) is 63.8 Å². The third-order valence-electron chi connectivity index (χ3n) is 11.4. The van der Waals surface area contributed by atoms with Crippen LogP contribution in [0.4, 0.5) is 11.4 Å². The van der Waals surface area contributed by atoms with E-state index in [1.165, 1.54) is 12.1 Å². The maximum Gasteiger partial charge on any atom is 0.333 e. The Morgan fingerprint density at radius 2 is 1.63 bits per heavy atom. The number of benzene rings is 2. The number of hydrogen-bond acceptors (Lipinski definition) is 15. The summed E-state index contributed by atoms with van der Waals surface area (Å²) in [6.07, 6.45) is 10.5. The van der Waals surface area contributed by atoms with Gasteiger partial charge in [-0.15, -0.1) is 5.06 Å². The monoisotopic (exact) mass is 913 g/mol. The Bertz CT molecular complexity index is 2190. The average molecular weight is 914 g/mol. The van der Waals surface area contributed by atoms with E-state index in [0.29, 0.717) is 87.1 Å². The zero-order valence-electron chi connectivity index (χ0n) is 36.5. The highest BCUT2D eigenvalue weighted by molar-refractivity contribution is 7.94. The standard InChI is InChI=1S/C44H58N4O13S2/c1-43(2)33-29-31(62-61-60-53)17-19-35(33)46(24-10-6-8-15-39(49)45-23-26-58-28-27-57-5)37(43)13-12-14-38-44(3,4)34-30-32(63(54,55)56)18-20-36(34)47(38)25-11-7-9-16-42(52)59-48-40(50)21-22-41(48)51/h12-14,17-20,29-30H,6-11,15-16,21-28H2,1-5H3,(H2-,45,49,53,54,55,56)/p-1. The second kappa shape index (κ2) is 22.4. The van der Waals surface area contributed by atoms with Gasteiger partial charge in [0.25, 0.3) is 11.8 Å². The number of allylic oxidation sites excluding steroid dienone is 4. The van der Waals surface area contributed by atoms with E-state index < -0.39 is 38.7 Å². The van der Waals surface area contributed by atoms with E-state index in [4.69, 9.17) is 14.3 Å². The van der Waals surface area contributed by atoms with Gasteiger partial charge in [0, 0.05) is 91.7 Å². The minimum Gasteiger partial charge on any atom is -0.744 e. The van der Waals surface area contributed by atoms with Gasteiger partial charge < -0.3 is 34.3 Å². The van der Waals surface area contributed by atoms with Crippen molar-refractivity contribution < 1.29 is 65.7 Å². The number of imide groups is 1. The maximum absolute atomic E-state index is 12.4. The molecule has 2 aromatic carbocycles. The van der Waals surface area contributed by atoms with Crippen molar-refractivity contribution in [2.45, 2.75) is 113 Å². The first-order valence-electron chi connectivity index (χ1n) is 21.1. The van der Waals surface area contributed by atoms with Crippen molar-refractivity contribution in [1.82, 2.24) is 10.4 Å². The fraction of sp³-hybridized carbons (Fsp3) is 0.523. The molecule has 0 saturated carbocycles. The maximum atomic E-state index is 12.4. The van der Waals surface area contributed by atoms with Gasteiger partial charge in [0.15, 0.2) is 5.71 Å². The highest BCUT2D eigenvalue weighted by Gasteiger charge is 2.45. The third-order valence-corrected chi connectivity index (χ3v) is 12.8. The summed E-state index contributed by atoms with van der Waals surface area (Å²) in [5, 5.41) is 17.6. The number of rotatable bonds is 25. The molecule has 63 heavy (non-hydrogen) atoms. The number of methoxy groups -OCH3 is 1. The lowest BCUT2D eigenvalue weighted by atomic mass is 9.81. The van der Waals surface area contributed by atoms with Crippen LogP contribution in [0.15, 0.2) is 70.1 Å². The molecular weight excluding hydrogens is 857 g/mol. The van der Waals surface area contributed by atoms with Crippen LogP contribution in [0.2, 0.25) is 0 Å². The highest BCUT2D eigenvalue weighted by atomic mass is 32.2. The molecule has 19 heteroatoms. The van der Waals surface area contributed by atoms with E-state index in [-0.39, 0.29) is 30.1 Å². The van der Waals surface area contributed by atoms with Gasteiger partial charge in [-0.1, -0.05) is 26.3 Å². The van der Waals surface area contributed by atoms with Gasteiger partial charge in [-0.3, -0.25) is 19.4 Å². The topological polar surface area (TPSA) is 216 Å². The Kier molecular flexibility index (Phi) is 17.6. The van der Waals surface area contributed by atoms with E-state index in [0.717, 1.165) is 53.2 Å². The Morgan fingerprint density at radius 3 is 2.35 bits per heavy atom. The Hall–Kier alpha value is -4.47. The summed E-state index contributed by atoms with van der Waals surface area (Å²) in [6.45, 7) is 11.2. The third kappa shape index (κ3) is 12.6. The molecule has 5 rings (SSSR count). The number of carbonyl (C=O) groups excluding carboxylic acids is 4. The molecule has 2 aromatic rings. The number of fused-ring (bicyclic) bond motifs is 2. The van der Waals surface area contributed by atoms with E-state index >= 15 is 0 Å². The normalized spacial score (nSPS) is 17.3. The number of nitrogens with zero attached hydrogens (tertiary/aromatic N) is 3. The lowest BCUT2D eigenvalue weighted by Crippen LogP contribution is -2.32. The van der Waals surface area contributed by atoms with Crippen LogP contribution in [0, 0.1) is 0 Å². The van der Waals surface area contributed by atoms with Crippen LogP contribution in [0.5, 0.6) is 0 Å². The number of hydroxylamine groups is 2. The van der Waals surface area contributed by atoms with Gasteiger partial charge in [-0.05, 0) is 81.5 Å². The molecule has 3 aliphatic rings. The highest BCUT2D eigenvalue weighted by Crippen LogP contribution is 2.49. The molecule has 0 bridgehead atoms. The molecule has 1 fully saturated rings. The summed E-state index contributed by atoms with van der Waals surface area (Å²) in [5.74, 6) is -1.75. The van der Waals surface area contributed by atoms with Crippen LogP contribution in [0.25, 0.3) is 0 Å². The molecule has 344 valence electrons. The predicted molar refractivity (Wildman–Crippen MR) is 229 cm³/mol. The molecule has 0 aliphatic carbocycles. The van der Waals surface area contributed by atoms with Crippen molar-refractivity contribution in [1.29, 1.82) is 0 Å². The molecule has 0 unspecified atom stereocenters. The Balaban J connectivity index is 1.34.